The second-order valence-electron chi connectivity index (χ2n) is 9.81. The van der Waals surface area contributed by atoms with Gasteiger partial charge in [-0.2, -0.15) is 0 Å². The maximum Gasteiger partial charge on any atom is 0.129 e. The minimum atomic E-state index is -0.113. The van der Waals surface area contributed by atoms with Gasteiger partial charge in [0.25, 0.3) is 0 Å². The Labute approximate surface area is 234 Å². The Morgan fingerprint density at radius 3 is 2.77 bits per heavy atom. The standard InChI is InChI=1S/C36H31NOS/c1-2-3-11-26(23-28-24-33(37)32-15-5-4-6-18-34(32)38-28)21-20-25-12-9-13-27(22-25)29-16-10-17-31-30-14-7-8-19-35(30)39-36(29)31/h2-3,5-22,24,28H,4,23,37H2,1H3/b3-2-,21-20+,26-11+. The number of nitrogens with two attached hydrogens (primary N) is 1. The van der Waals surface area contributed by atoms with Crippen LogP contribution < -0.4 is 5.73 Å². The lowest BCUT2D eigenvalue weighted by Gasteiger charge is -2.24. The molecule has 1 aliphatic heterocycles. The Bertz CT molecular complexity index is 1760. The molecule has 0 radical (unpaired) electrons. The van der Waals surface area contributed by atoms with Crippen molar-refractivity contribution in [3.05, 3.63) is 150 Å². The highest BCUT2D eigenvalue weighted by Crippen LogP contribution is 2.40. The minimum absolute atomic E-state index is 0.113. The van der Waals surface area contributed by atoms with Crippen LogP contribution >= 0.6 is 11.3 Å². The Morgan fingerprint density at radius 1 is 1.00 bits per heavy atom. The van der Waals surface area contributed by atoms with Crippen molar-refractivity contribution in [3.63, 3.8) is 0 Å². The van der Waals surface area contributed by atoms with Gasteiger partial charge in [0.15, 0.2) is 0 Å². The number of hydrogen-bond donors (Lipinski definition) is 1. The van der Waals surface area contributed by atoms with Crippen LogP contribution in [0.15, 0.2) is 144 Å². The zero-order valence-corrected chi connectivity index (χ0v) is 22.8. The van der Waals surface area contributed by atoms with Gasteiger partial charge in [0.1, 0.15) is 11.9 Å². The van der Waals surface area contributed by atoms with Crippen LogP contribution in [0.4, 0.5) is 0 Å². The molecule has 0 saturated heterocycles. The van der Waals surface area contributed by atoms with Crippen molar-refractivity contribution in [1.82, 2.24) is 0 Å². The molecule has 2 aliphatic rings. The summed E-state index contributed by atoms with van der Waals surface area (Å²) in [4.78, 5) is 0. The predicted octanol–water partition coefficient (Wildman–Crippen LogP) is 9.64. The Hall–Kier alpha value is -4.34. The van der Waals surface area contributed by atoms with Crippen LogP contribution in [-0.4, -0.2) is 6.10 Å². The molecular weight excluding hydrogens is 494 g/mol. The molecular formula is C36H31NOS. The first-order chi connectivity index (χ1) is 19.2. The maximum absolute atomic E-state index is 6.41. The number of hydrogen-bond acceptors (Lipinski definition) is 3. The van der Waals surface area contributed by atoms with Crippen molar-refractivity contribution in [2.24, 2.45) is 5.73 Å². The zero-order chi connectivity index (χ0) is 26.6. The second-order valence-corrected chi connectivity index (χ2v) is 10.9. The van der Waals surface area contributed by atoms with E-state index in [9.17, 15) is 0 Å². The van der Waals surface area contributed by atoms with Gasteiger partial charge in [-0.05, 0) is 59.9 Å². The molecule has 0 amide bonds. The molecule has 2 heterocycles. The molecule has 1 aliphatic carbocycles. The average Bonchev–Trinajstić information content (AvgIpc) is 3.17. The largest absolute Gasteiger partial charge is 0.485 e. The van der Waals surface area contributed by atoms with E-state index in [4.69, 9.17) is 10.5 Å². The first kappa shape index (κ1) is 25.0. The van der Waals surface area contributed by atoms with E-state index in [2.05, 4.69) is 109 Å². The van der Waals surface area contributed by atoms with Crippen LogP contribution in [-0.2, 0) is 4.74 Å². The number of allylic oxidation sites excluding steroid dienone is 8. The van der Waals surface area contributed by atoms with Crippen LogP contribution in [0.1, 0.15) is 25.3 Å². The van der Waals surface area contributed by atoms with E-state index < -0.39 is 0 Å². The summed E-state index contributed by atoms with van der Waals surface area (Å²) in [5, 5.41) is 2.65. The molecule has 1 unspecified atom stereocenters. The summed E-state index contributed by atoms with van der Waals surface area (Å²) in [6, 6.07) is 24.1. The van der Waals surface area contributed by atoms with Gasteiger partial charge in [-0.1, -0.05) is 103 Å². The van der Waals surface area contributed by atoms with Gasteiger partial charge in [-0.25, -0.2) is 0 Å². The third-order valence-electron chi connectivity index (χ3n) is 7.08. The van der Waals surface area contributed by atoms with Crippen molar-refractivity contribution >= 4 is 37.6 Å². The van der Waals surface area contributed by atoms with Crippen LogP contribution in [0.3, 0.4) is 0 Å². The third-order valence-corrected chi connectivity index (χ3v) is 8.30. The van der Waals surface area contributed by atoms with Crippen molar-refractivity contribution in [3.8, 4) is 11.1 Å². The predicted molar refractivity (Wildman–Crippen MR) is 168 cm³/mol. The van der Waals surface area contributed by atoms with Gasteiger partial charge < -0.3 is 10.5 Å². The van der Waals surface area contributed by atoms with Gasteiger partial charge in [0, 0.05) is 37.9 Å². The van der Waals surface area contributed by atoms with Crippen LogP contribution in [0, 0.1) is 0 Å². The fourth-order valence-corrected chi connectivity index (χ4v) is 6.41. The fourth-order valence-electron chi connectivity index (χ4n) is 5.17. The zero-order valence-electron chi connectivity index (χ0n) is 22.0. The average molecular weight is 526 g/mol. The molecule has 0 fully saturated rings. The summed E-state index contributed by atoms with van der Waals surface area (Å²) in [6.45, 7) is 2.03. The molecule has 4 aromatic rings. The molecule has 3 aromatic carbocycles. The number of fused-ring (bicyclic) bond motifs is 3. The molecule has 0 spiro atoms. The van der Waals surface area contributed by atoms with Crippen LogP contribution in [0.25, 0.3) is 37.4 Å². The van der Waals surface area contributed by atoms with Gasteiger partial charge in [-0.3, -0.25) is 0 Å². The van der Waals surface area contributed by atoms with Gasteiger partial charge >= 0.3 is 0 Å². The Kier molecular flexibility index (Phi) is 7.16. The highest BCUT2D eigenvalue weighted by Gasteiger charge is 2.20. The minimum Gasteiger partial charge on any atom is -0.485 e. The summed E-state index contributed by atoms with van der Waals surface area (Å²) in [5.74, 6) is 0.853. The van der Waals surface area contributed by atoms with Crippen LogP contribution in [0.2, 0.25) is 0 Å². The number of thiophene rings is 1. The van der Waals surface area contributed by atoms with E-state index in [1.165, 1.54) is 42.4 Å². The highest BCUT2D eigenvalue weighted by atomic mass is 32.1. The highest BCUT2D eigenvalue weighted by molar-refractivity contribution is 7.26. The van der Waals surface area contributed by atoms with Crippen molar-refractivity contribution in [2.45, 2.75) is 25.9 Å². The topological polar surface area (TPSA) is 35.2 Å². The monoisotopic (exact) mass is 525 g/mol. The van der Waals surface area contributed by atoms with Crippen LogP contribution in [0.5, 0.6) is 0 Å². The first-order valence-electron chi connectivity index (χ1n) is 13.4. The van der Waals surface area contributed by atoms with E-state index in [0.29, 0.717) is 0 Å². The number of ether oxygens (including phenoxy) is 1. The Balaban J connectivity index is 1.27. The molecule has 0 bridgehead atoms. The summed E-state index contributed by atoms with van der Waals surface area (Å²) in [6.07, 6.45) is 22.5. The lowest BCUT2D eigenvalue weighted by Crippen LogP contribution is -2.20. The second kappa shape index (κ2) is 11.2. The first-order valence-corrected chi connectivity index (χ1v) is 14.2. The van der Waals surface area contributed by atoms with E-state index >= 15 is 0 Å². The summed E-state index contributed by atoms with van der Waals surface area (Å²) < 4.78 is 9.00. The van der Waals surface area contributed by atoms with E-state index in [1.807, 2.05) is 36.5 Å². The van der Waals surface area contributed by atoms with E-state index in [-0.39, 0.29) is 6.10 Å². The van der Waals surface area contributed by atoms with Gasteiger partial charge in [0.05, 0.1) is 0 Å². The molecule has 0 saturated carbocycles. The normalized spacial score (nSPS) is 17.7. The van der Waals surface area contributed by atoms with E-state index in [1.54, 1.807) is 0 Å². The molecule has 3 heteroatoms. The number of benzene rings is 3. The molecule has 2 nitrogen and oxygen atoms in total. The molecule has 1 atom stereocenters. The quantitative estimate of drug-likeness (QED) is 0.254. The SMILES string of the molecule is C\C=C/C=C(\C=C\c1cccc(-c2cccc3c2sc2ccccc23)c1)CC1C=C(N)C2=C(C=CCC=C2)O1. The van der Waals surface area contributed by atoms with Crippen molar-refractivity contribution < 1.29 is 4.74 Å². The van der Waals surface area contributed by atoms with Gasteiger partial charge in [-0.15, -0.1) is 11.3 Å². The lowest BCUT2D eigenvalue weighted by molar-refractivity contribution is 0.158. The van der Waals surface area contributed by atoms with Crippen molar-refractivity contribution in [2.75, 3.05) is 0 Å². The molecule has 1 aromatic heterocycles. The smallest absolute Gasteiger partial charge is 0.129 e. The van der Waals surface area contributed by atoms with E-state index in [0.717, 1.165) is 29.9 Å². The summed E-state index contributed by atoms with van der Waals surface area (Å²) in [5.41, 5.74) is 13.0. The summed E-state index contributed by atoms with van der Waals surface area (Å²) >= 11 is 1.87. The number of rotatable bonds is 6. The summed E-state index contributed by atoms with van der Waals surface area (Å²) in [7, 11) is 0. The maximum atomic E-state index is 6.41. The van der Waals surface area contributed by atoms with Crippen molar-refractivity contribution in [1.29, 1.82) is 0 Å². The fraction of sp³-hybridized carbons (Fsp3) is 0.111. The molecule has 2 N–H and O–H groups in total. The molecule has 192 valence electrons. The van der Waals surface area contributed by atoms with Gasteiger partial charge in [0.2, 0.25) is 0 Å². The molecule has 39 heavy (non-hydrogen) atoms. The third kappa shape index (κ3) is 5.32. The Morgan fingerprint density at radius 2 is 1.85 bits per heavy atom. The molecule has 6 rings (SSSR count). The lowest BCUT2D eigenvalue weighted by atomic mass is 9.99.